The molecule has 0 aliphatic carbocycles. The highest BCUT2D eigenvalue weighted by Gasteiger charge is 2.07. The normalized spacial score (nSPS) is 9.88. The van der Waals surface area contributed by atoms with Crippen LogP contribution in [-0.4, -0.2) is 26.8 Å². The van der Waals surface area contributed by atoms with Crippen molar-refractivity contribution in [3.63, 3.8) is 0 Å². The second-order valence-corrected chi connectivity index (χ2v) is 3.97. The van der Waals surface area contributed by atoms with Crippen molar-refractivity contribution in [2.75, 3.05) is 26.8 Å². The van der Waals surface area contributed by atoms with Gasteiger partial charge in [0.2, 0.25) is 0 Å². The highest BCUT2D eigenvalue weighted by atomic mass is 79.9. The fourth-order valence-electron chi connectivity index (χ4n) is 1.22. The molecule has 3 nitrogen and oxygen atoms in total. The molecule has 1 aromatic rings. The smallest absolute Gasteiger partial charge is 0.175 e. The number of halogens is 1. The molecule has 0 unspecified atom stereocenters. The quantitative estimate of drug-likeness (QED) is 0.617. The van der Waals surface area contributed by atoms with Gasteiger partial charge in [0.05, 0.1) is 11.6 Å². The van der Waals surface area contributed by atoms with Crippen molar-refractivity contribution in [1.82, 2.24) is 5.32 Å². The molecule has 88 valence electrons. The molecule has 1 N–H and O–H groups in total. The third-order valence-electron chi connectivity index (χ3n) is 1.96. The predicted octanol–water partition coefficient (Wildman–Crippen LogP) is 2.61. The number of rotatable bonds is 7. The van der Waals surface area contributed by atoms with Crippen molar-refractivity contribution in [2.45, 2.75) is 0 Å². The van der Waals surface area contributed by atoms with Crippen molar-refractivity contribution in [3.8, 4) is 11.5 Å². The molecular formula is C12H16BrNO2. The lowest BCUT2D eigenvalue weighted by atomic mass is 10.3. The predicted molar refractivity (Wildman–Crippen MR) is 69.3 cm³/mol. The molecule has 0 aliphatic heterocycles. The maximum Gasteiger partial charge on any atom is 0.175 e. The summed E-state index contributed by atoms with van der Waals surface area (Å²) >= 11 is 3.43. The highest BCUT2D eigenvalue weighted by Crippen LogP contribution is 2.34. The van der Waals surface area contributed by atoms with Gasteiger partial charge >= 0.3 is 0 Å². The average Bonchev–Trinajstić information content (AvgIpc) is 2.30. The minimum atomic E-state index is 0.590. The van der Waals surface area contributed by atoms with Gasteiger partial charge < -0.3 is 14.8 Å². The Morgan fingerprint density at radius 3 is 3.00 bits per heavy atom. The van der Waals surface area contributed by atoms with E-state index < -0.39 is 0 Å². The lowest BCUT2D eigenvalue weighted by Crippen LogP contribution is -2.21. The van der Waals surface area contributed by atoms with Crippen molar-refractivity contribution in [1.29, 1.82) is 0 Å². The Hall–Kier alpha value is -1.00. The van der Waals surface area contributed by atoms with Gasteiger partial charge in [0.15, 0.2) is 11.5 Å². The van der Waals surface area contributed by atoms with Gasteiger partial charge in [-0.05, 0) is 28.1 Å². The second kappa shape index (κ2) is 7.30. The topological polar surface area (TPSA) is 30.5 Å². The Labute approximate surface area is 105 Å². The van der Waals surface area contributed by atoms with Crippen LogP contribution in [0, 0.1) is 0 Å². The second-order valence-electron chi connectivity index (χ2n) is 3.11. The van der Waals surface area contributed by atoms with E-state index in [0.29, 0.717) is 6.61 Å². The fraction of sp³-hybridized carbons (Fsp3) is 0.333. The summed E-state index contributed by atoms with van der Waals surface area (Å²) in [4.78, 5) is 0. The van der Waals surface area contributed by atoms with Crippen LogP contribution in [0.4, 0.5) is 0 Å². The summed E-state index contributed by atoms with van der Waals surface area (Å²) in [6.45, 7) is 5.78. The van der Waals surface area contributed by atoms with E-state index in [0.717, 1.165) is 29.1 Å². The number of ether oxygens (including phenoxy) is 2. The molecule has 4 heteroatoms. The van der Waals surface area contributed by atoms with E-state index in [-0.39, 0.29) is 0 Å². The van der Waals surface area contributed by atoms with Crippen molar-refractivity contribution >= 4 is 15.9 Å². The zero-order valence-corrected chi connectivity index (χ0v) is 10.9. The Bertz CT molecular complexity index is 342. The zero-order valence-electron chi connectivity index (χ0n) is 9.33. The first-order chi connectivity index (χ1) is 7.79. The molecule has 0 fully saturated rings. The van der Waals surface area contributed by atoms with Gasteiger partial charge in [0.1, 0.15) is 6.61 Å². The van der Waals surface area contributed by atoms with E-state index in [1.807, 2.05) is 24.3 Å². The maximum atomic E-state index is 5.64. The molecule has 0 heterocycles. The van der Waals surface area contributed by atoms with Gasteiger partial charge in [0.25, 0.3) is 0 Å². The largest absolute Gasteiger partial charge is 0.493 e. The molecule has 1 aromatic carbocycles. The average molecular weight is 286 g/mol. The van der Waals surface area contributed by atoms with Gasteiger partial charge in [-0.15, -0.1) is 6.58 Å². The number of hydrogen-bond acceptors (Lipinski definition) is 3. The van der Waals surface area contributed by atoms with Crippen molar-refractivity contribution in [3.05, 3.63) is 35.3 Å². The molecule has 0 saturated heterocycles. The van der Waals surface area contributed by atoms with Crippen LogP contribution in [0.5, 0.6) is 11.5 Å². The number of benzene rings is 1. The molecule has 0 atom stereocenters. The Kier molecular flexibility index (Phi) is 5.96. The minimum absolute atomic E-state index is 0.590. The van der Waals surface area contributed by atoms with E-state index >= 15 is 0 Å². The number of hydrogen-bond donors (Lipinski definition) is 1. The van der Waals surface area contributed by atoms with Crippen LogP contribution in [0.1, 0.15) is 0 Å². The summed E-state index contributed by atoms with van der Waals surface area (Å²) < 4.78 is 11.7. The molecule has 0 aromatic heterocycles. The first-order valence-electron chi connectivity index (χ1n) is 5.06. The van der Waals surface area contributed by atoms with E-state index in [1.165, 1.54) is 0 Å². The first kappa shape index (κ1) is 13.1. The summed E-state index contributed by atoms with van der Waals surface area (Å²) in [6.07, 6.45) is 1.82. The number of methoxy groups -OCH3 is 1. The monoisotopic (exact) mass is 285 g/mol. The fourth-order valence-corrected chi connectivity index (χ4v) is 1.68. The van der Waals surface area contributed by atoms with Crippen LogP contribution in [0.15, 0.2) is 35.3 Å². The van der Waals surface area contributed by atoms with E-state index in [9.17, 15) is 0 Å². The molecule has 16 heavy (non-hydrogen) atoms. The summed E-state index contributed by atoms with van der Waals surface area (Å²) in [6, 6.07) is 5.71. The SMILES string of the molecule is C=CCNCCOc1c(Br)cccc1OC. The molecule has 0 spiro atoms. The Balaban J connectivity index is 2.49. The summed E-state index contributed by atoms with van der Waals surface area (Å²) in [5.74, 6) is 1.48. The van der Waals surface area contributed by atoms with E-state index in [1.54, 1.807) is 7.11 Å². The van der Waals surface area contributed by atoms with Gasteiger partial charge in [-0.25, -0.2) is 0 Å². The third-order valence-corrected chi connectivity index (χ3v) is 2.59. The van der Waals surface area contributed by atoms with Crippen LogP contribution in [0.3, 0.4) is 0 Å². The van der Waals surface area contributed by atoms with Crippen LogP contribution < -0.4 is 14.8 Å². The van der Waals surface area contributed by atoms with Crippen LogP contribution in [0.2, 0.25) is 0 Å². The lowest BCUT2D eigenvalue weighted by Gasteiger charge is -2.12. The molecule has 0 bridgehead atoms. The Morgan fingerprint density at radius 1 is 1.50 bits per heavy atom. The molecule has 0 saturated carbocycles. The molecular weight excluding hydrogens is 270 g/mol. The van der Waals surface area contributed by atoms with Crippen molar-refractivity contribution in [2.24, 2.45) is 0 Å². The van der Waals surface area contributed by atoms with E-state index in [4.69, 9.17) is 9.47 Å². The van der Waals surface area contributed by atoms with Gasteiger partial charge in [-0.3, -0.25) is 0 Å². The Morgan fingerprint density at radius 2 is 2.31 bits per heavy atom. The standard InChI is InChI=1S/C12H16BrNO2/c1-3-7-14-8-9-16-12-10(13)5-4-6-11(12)15-2/h3-6,14H,1,7-9H2,2H3. The zero-order chi connectivity index (χ0) is 11.8. The van der Waals surface area contributed by atoms with Gasteiger partial charge in [0, 0.05) is 13.1 Å². The third kappa shape index (κ3) is 3.87. The molecule has 1 rings (SSSR count). The highest BCUT2D eigenvalue weighted by molar-refractivity contribution is 9.10. The molecule has 0 aliphatic rings. The summed E-state index contributed by atoms with van der Waals surface area (Å²) in [7, 11) is 1.63. The van der Waals surface area contributed by atoms with Crippen LogP contribution >= 0.6 is 15.9 Å². The van der Waals surface area contributed by atoms with Gasteiger partial charge in [-0.1, -0.05) is 12.1 Å². The maximum absolute atomic E-state index is 5.64. The molecule has 0 amide bonds. The van der Waals surface area contributed by atoms with Crippen LogP contribution in [-0.2, 0) is 0 Å². The summed E-state index contributed by atoms with van der Waals surface area (Å²) in [5.41, 5.74) is 0. The molecule has 0 radical (unpaired) electrons. The first-order valence-corrected chi connectivity index (χ1v) is 5.85. The lowest BCUT2D eigenvalue weighted by molar-refractivity contribution is 0.292. The van der Waals surface area contributed by atoms with E-state index in [2.05, 4.69) is 27.8 Å². The number of para-hydroxylation sites is 1. The van der Waals surface area contributed by atoms with Crippen LogP contribution in [0.25, 0.3) is 0 Å². The summed E-state index contributed by atoms with van der Waals surface area (Å²) in [5, 5.41) is 3.16. The van der Waals surface area contributed by atoms with Gasteiger partial charge in [-0.2, -0.15) is 0 Å². The number of nitrogens with one attached hydrogen (secondary N) is 1. The van der Waals surface area contributed by atoms with Crippen molar-refractivity contribution < 1.29 is 9.47 Å². The minimum Gasteiger partial charge on any atom is -0.493 e.